The monoisotopic (exact) mass is 326 g/mol. The standard InChI is InChI=1S/C21H14N2O2/c1-12-6-7-14-16(11-19(24)25-18(14)10-12)20-21-15(8-9-22-20)13-4-2-3-5-17(13)23-21/h2-11,23H,1H3. The fraction of sp³-hybridized carbons (Fsp3) is 0.0476. The maximum atomic E-state index is 12.1. The Kier molecular flexibility index (Phi) is 2.82. The lowest BCUT2D eigenvalue weighted by Gasteiger charge is -2.07. The van der Waals surface area contributed by atoms with E-state index in [-0.39, 0.29) is 5.63 Å². The van der Waals surface area contributed by atoms with Gasteiger partial charge in [-0.2, -0.15) is 0 Å². The van der Waals surface area contributed by atoms with Gasteiger partial charge in [0.25, 0.3) is 0 Å². The summed E-state index contributed by atoms with van der Waals surface area (Å²) in [4.78, 5) is 20.1. The zero-order valence-electron chi connectivity index (χ0n) is 13.5. The molecule has 0 fully saturated rings. The van der Waals surface area contributed by atoms with E-state index in [9.17, 15) is 4.79 Å². The summed E-state index contributed by atoms with van der Waals surface area (Å²) in [5.74, 6) is 0. The Bertz CT molecular complexity index is 1330. The second-order valence-corrected chi connectivity index (χ2v) is 6.23. The van der Waals surface area contributed by atoms with E-state index in [1.807, 2.05) is 49.4 Å². The Balaban J connectivity index is 1.94. The summed E-state index contributed by atoms with van der Waals surface area (Å²) in [6.45, 7) is 1.97. The van der Waals surface area contributed by atoms with E-state index >= 15 is 0 Å². The van der Waals surface area contributed by atoms with Crippen molar-refractivity contribution < 1.29 is 4.42 Å². The van der Waals surface area contributed by atoms with Crippen LogP contribution in [0.1, 0.15) is 5.56 Å². The Morgan fingerprint density at radius 1 is 0.960 bits per heavy atom. The maximum Gasteiger partial charge on any atom is 0.336 e. The number of benzene rings is 2. The number of rotatable bonds is 1. The van der Waals surface area contributed by atoms with Crippen LogP contribution in [0.15, 0.2) is 70.0 Å². The molecule has 3 heterocycles. The molecular weight excluding hydrogens is 312 g/mol. The molecule has 0 radical (unpaired) electrons. The van der Waals surface area contributed by atoms with E-state index in [4.69, 9.17) is 4.42 Å². The SMILES string of the molecule is Cc1ccc2c(-c3nccc4c3[nH]c3ccccc34)cc(=O)oc2c1. The van der Waals surface area contributed by atoms with Gasteiger partial charge in [-0.25, -0.2) is 4.79 Å². The summed E-state index contributed by atoms with van der Waals surface area (Å²) >= 11 is 0. The quantitative estimate of drug-likeness (QED) is 0.450. The average molecular weight is 326 g/mol. The molecule has 2 aromatic carbocycles. The van der Waals surface area contributed by atoms with Gasteiger partial charge in [0.2, 0.25) is 0 Å². The van der Waals surface area contributed by atoms with Gasteiger partial charge in [-0.05, 0) is 30.7 Å². The first-order chi connectivity index (χ1) is 12.2. The molecule has 25 heavy (non-hydrogen) atoms. The van der Waals surface area contributed by atoms with Crippen LogP contribution in [-0.2, 0) is 0 Å². The molecule has 0 bridgehead atoms. The number of fused-ring (bicyclic) bond motifs is 4. The number of para-hydroxylation sites is 1. The Morgan fingerprint density at radius 2 is 1.84 bits per heavy atom. The molecule has 4 heteroatoms. The van der Waals surface area contributed by atoms with Gasteiger partial charge in [0, 0.05) is 39.5 Å². The number of hydrogen-bond acceptors (Lipinski definition) is 3. The van der Waals surface area contributed by atoms with Gasteiger partial charge >= 0.3 is 5.63 Å². The lowest BCUT2D eigenvalue weighted by atomic mass is 10.0. The number of hydrogen-bond donors (Lipinski definition) is 1. The van der Waals surface area contributed by atoms with E-state index in [0.29, 0.717) is 5.58 Å². The van der Waals surface area contributed by atoms with Crippen LogP contribution in [0.4, 0.5) is 0 Å². The van der Waals surface area contributed by atoms with E-state index < -0.39 is 0 Å². The number of H-pyrrole nitrogens is 1. The molecule has 0 unspecified atom stereocenters. The third kappa shape index (κ3) is 2.08. The highest BCUT2D eigenvalue weighted by Gasteiger charge is 2.14. The van der Waals surface area contributed by atoms with Gasteiger partial charge in [-0.15, -0.1) is 0 Å². The number of nitrogens with zero attached hydrogens (tertiary/aromatic N) is 1. The predicted octanol–water partition coefficient (Wildman–Crippen LogP) is 4.80. The molecular formula is C21H14N2O2. The number of aromatic nitrogens is 2. The largest absolute Gasteiger partial charge is 0.423 e. The van der Waals surface area contributed by atoms with E-state index in [0.717, 1.165) is 44.0 Å². The van der Waals surface area contributed by atoms with Crippen molar-refractivity contribution in [2.45, 2.75) is 6.92 Å². The number of aromatic amines is 1. The van der Waals surface area contributed by atoms with Gasteiger partial charge in [0.05, 0.1) is 11.2 Å². The van der Waals surface area contributed by atoms with E-state index in [1.54, 1.807) is 6.20 Å². The molecule has 0 saturated heterocycles. The predicted molar refractivity (Wildman–Crippen MR) is 99.8 cm³/mol. The maximum absolute atomic E-state index is 12.1. The summed E-state index contributed by atoms with van der Waals surface area (Å²) < 4.78 is 5.38. The van der Waals surface area contributed by atoms with Crippen molar-refractivity contribution in [2.24, 2.45) is 0 Å². The topological polar surface area (TPSA) is 58.9 Å². The van der Waals surface area contributed by atoms with Crippen LogP contribution in [-0.4, -0.2) is 9.97 Å². The highest BCUT2D eigenvalue weighted by Crippen LogP contribution is 2.34. The average Bonchev–Trinajstić information content (AvgIpc) is 2.99. The van der Waals surface area contributed by atoms with Crippen LogP contribution in [0.5, 0.6) is 0 Å². The van der Waals surface area contributed by atoms with Crippen molar-refractivity contribution in [3.8, 4) is 11.3 Å². The molecule has 0 saturated carbocycles. The molecule has 4 nitrogen and oxygen atoms in total. The third-order valence-corrected chi connectivity index (χ3v) is 4.58. The molecule has 0 spiro atoms. The zero-order valence-corrected chi connectivity index (χ0v) is 13.5. The van der Waals surface area contributed by atoms with Crippen molar-refractivity contribution in [1.82, 2.24) is 9.97 Å². The smallest absolute Gasteiger partial charge is 0.336 e. The number of aryl methyl sites for hydroxylation is 1. The summed E-state index contributed by atoms with van der Waals surface area (Å²) in [5, 5.41) is 3.11. The molecule has 5 rings (SSSR count). The van der Waals surface area contributed by atoms with Gasteiger partial charge in [-0.1, -0.05) is 30.3 Å². The number of pyridine rings is 1. The summed E-state index contributed by atoms with van der Waals surface area (Å²) in [7, 11) is 0. The summed E-state index contributed by atoms with van der Waals surface area (Å²) in [5.41, 5.74) is 4.77. The highest BCUT2D eigenvalue weighted by atomic mass is 16.4. The van der Waals surface area contributed by atoms with Gasteiger partial charge in [-0.3, -0.25) is 4.98 Å². The van der Waals surface area contributed by atoms with Crippen LogP contribution < -0.4 is 5.63 Å². The molecule has 0 atom stereocenters. The molecule has 0 aliphatic heterocycles. The fourth-order valence-corrected chi connectivity index (χ4v) is 3.44. The van der Waals surface area contributed by atoms with Crippen molar-refractivity contribution >= 4 is 32.8 Å². The summed E-state index contributed by atoms with van der Waals surface area (Å²) in [6.07, 6.45) is 1.78. The highest BCUT2D eigenvalue weighted by molar-refractivity contribution is 6.12. The zero-order chi connectivity index (χ0) is 17.0. The van der Waals surface area contributed by atoms with Crippen molar-refractivity contribution in [3.05, 3.63) is 76.8 Å². The van der Waals surface area contributed by atoms with Gasteiger partial charge in [0.15, 0.2) is 0 Å². The molecule has 0 amide bonds. The van der Waals surface area contributed by atoms with E-state index in [2.05, 4.69) is 16.0 Å². The first-order valence-corrected chi connectivity index (χ1v) is 8.11. The third-order valence-electron chi connectivity index (χ3n) is 4.58. The second kappa shape index (κ2) is 5.05. The van der Waals surface area contributed by atoms with Crippen LogP contribution >= 0.6 is 0 Å². The van der Waals surface area contributed by atoms with Gasteiger partial charge < -0.3 is 9.40 Å². The molecule has 0 aliphatic carbocycles. The Labute approximate surface area is 142 Å². The first kappa shape index (κ1) is 14.0. The molecule has 120 valence electrons. The van der Waals surface area contributed by atoms with Crippen LogP contribution in [0, 0.1) is 6.92 Å². The molecule has 3 aromatic heterocycles. The minimum absolute atomic E-state index is 0.372. The van der Waals surface area contributed by atoms with Gasteiger partial charge in [0.1, 0.15) is 5.58 Å². The fourth-order valence-electron chi connectivity index (χ4n) is 3.44. The minimum Gasteiger partial charge on any atom is -0.423 e. The van der Waals surface area contributed by atoms with Crippen LogP contribution in [0.2, 0.25) is 0 Å². The lowest BCUT2D eigenvalue weighted by molar-refractivity contribution is 0.561. The van der Waals surface area contributed by atoms with Crippen LogP contribution in [0.25, 0.3) is 44.0 Å². The van der Waals surface area contributed by atoms with Crippen molar-refractivity contribution in [1.29, 1.82) is 0 Å². The van der Waals surface area contributed by atoms with Crippen LogP contribution in [0.3, 0.4) is 0 Å². The Hall–Kier alpha value is -3.40. The molecule has 0 aliphatic rings. The molecule has 1 N–H and O–H groups in total. The lowest BCUT2D eigenvalue weighted by Crippen LogP contribution is -1.99. The Morgan fingerprint density at radius 3 is 2.76 bits per heavy atom. The summed E-state index contributed by atoms with van der Waals surface area (Å²) in [6, 6.07) is 17.5. The number of nitrogens with one attached hydrogen (secondary N) is 1. The minimum atomic E-state index is -0.372. The first-order valence-electron chi connectivity index (χ1n) is 8.11. The van der Waals surface area contributed by atoms with Crippen molar-refractivity contribution in [2.75, 3.05) is 0 Å². The second-order valence-electron chi connectivity index (χ2n) is 6.23. The normalized spacial score (nSPS) is 11.6. The van der Waals surface area contributed by atoms with E-state index in [1.165, 1.54) is 6.07 Å². The van der Waals surface area contributed by atoms with Crippen molar-refractivity contribution in [3.63, 3.8) is 0 Å². The molecule has 5 aromatic rings.